The Morgan fingerprint density at radius 1 is 1.12 bits per heavy atom. The van der Waals surface area contributed by atoms with Crippen molar-refractivity contribution in [2.24, 2.45) is 0 Å². The Hall–Kier alpha value is -2.05. The lowest BCUT2D eigenvalue weighted by Crippen LogP contribution is -2.43. The highest BCUT2D eigenvalue weighted by Gasteiger charge is 2.39. The number of rotatable bonds is 4. The van der Waals surface area contributed by atoms with Gasteiger partial charge in [0.05, 0.1) is 0 Å². The summed E-state index contributed by atoms with van der Waals surface area (Å²) in [5, 5.41) is 12.4. The molecule has 0 spiro atoms. The average Bonchev–Trinajstić information content (AvgIpc) is 2.58. The summed E-state index contributed by atoms with van der Waals surface area (Å²) in [7, 11) is 0. The first-order valence-corrected chi connectivity index (χ1v) is 8.56. The summed E-state index contributed by atoms with van der Waals surface area (Å²) in [6, 6.07) is 13.9. The van der Waals surface area contributed by atoms with Crippen molar-refractivity contribution in [3.63, 3.8) is 0 Å². The summed E-state index contributed by atoms with van der Waals surface area (Å²) < 4.78 is 18.5. The molecule has 1 heterocycles. The molecule has 2 aromatic rings. The lowest BCUT2D eigenvalue weighted by Gasteiger charge is -2.37. The van der Waals surface area contributed by atoms with Gasteiger partial charge in [-0.25, -0.2) is 9.18 Å². The summed E-state index contributed by atoms with van der Waals surface area (Å²) in [4.78, 5) is 13.1. The predicted molar refractivity (Wildman–Crippen MR) is 89.9 cm³/mol. The number of hydrogen-bond acceptors (Lipinski definition) is 4. The van der Waals surface area contributed by atoms with Crippen LogP contribution >= 0.6 is 11.8 Å². The second kappa shape index (κ2) is 7.23. The minimum absolute atomic E-state index is 0.281. The zero-order valence-corrected chi connectivity index (χ0v) is 13.8. The van der Waals surface area contributed by atoms with E-state index in [9.17, 15) is 14.3 Å². The van der Waals surface area contributed by atoms with Gasteiger partial charge in [-0.2, -0.15) is 0 Å². The molecule has 0 unspecified atom stereocenters. The van der Waals surface area contributed by atoms with Gasteiger partial charge >= 0.3 is 6.16 Å². The van der Waals surface area contributed by atoms with Crippen molar-refractivity contribution in [1.29, 1.82) is 0 Å². The first-order valence-electron chi connectivity index (χ1n) is 7.75. The van der Waals surface area contributed by atoms with E-state index in [-0.39, 0.29) is 5.82 Å². The Kier molecular flexibility index (Phi) is 5.06. The van der Waals surface area contributed by atoms with Crippen LogP contribution in [0.25, 0.3) is 0 Å². The molecular formula is C18H18FNO3S. The third-order valence-electron chi connectivity index (χ3n) is 4.11. The van der Waals surface area contributed by atoms with E-state index in [4.69, 9.17) is 4.74 Å². The maximum absolute atomic E-state index is 13.1. The number of carbonyl (C=O) groups is 1. The van der Waals surface area contributed by atoms with Gasteiger partial charge < -0.3 is 15.2 Å². The van der Waals surface area contributed by atoms with Crippen LogP contribution in [0.5, 0.6) is 0 Å². The normalized spacial score (nSPS) is 16.5. The fourth-order valence-corrected chi connectivity index (χ4v) is 4.02. The molecule has 0 bridgehead atoms. The third-order valence-corrected chi connectivity index (χ3v) is 5.20. The number of carboxylic acid groups (broad SMARTS) is 1. The molecule has 1 aliphatic rings. The van der Waals surface area contributed by atoms with Crippen molar-refractivity contribution in [2.75, 3.05) is 13.1 Å². The highest BCUT2D eigenvalue weighted by atomic mass is 32.2. The maximum atomic E-state index is 13.1. The number of ether oxygens (including phenoxy) is 1. The first kappa shape index (κ1) is 16.8. The lowest BCUT2D eigenvalue weighted by atomic mass is 9.84. The van der Waals surface area contributed by atoms with E-state index in [1.165, 1.54) is 23.9 Å². The second-order valence-corrected chi connectivity index (χ2v) is 6.78. The van der Waals surface area contributed by atoms with E-state index in [1.807, 2.05) is 24.3 Å². The van der Waals surface area contributed by atoms with Crippen LogP contribution in [0.15, 0.2) is 58.3 Å². The van der Waals surface area contributed by atoms with Gasteiger partial charge in [0, 0.05) is 28.2 Å². The van der Waals surface area contributed by atoms with Gasteiger partial charge in [-0.3, -0.25) is 0 Å². The topological polar surface area (TPSA) is 58.6 Å². The molecule has 2 aromatic carbocycles. The Bertz CT molecular complexity index is 714. The van der Waals surface area contributed by atoms with E-state index in [0.29, 0.717) is 25.9 Å². The van der Waals surface area contributed by atoms with Gasteiger partial charge in [0.25, 0.3) is 0 Å². The molecule has 0 saturated carbocycles. The standard InChI is InChI=1S/C18H18FNO3S/c19-13-5-7-14(8-6-13)24-16-4-2-1-3-15(16)18(23-17(21)22)9-11-20-12-10-18/h1-8,20H,9-12H2,(H,21,22). The van der Waals surface area contributed by atoms with Crippen LogP contribution in [-0.2, 0) is 10.3 Å². The number of benzene rings is 2. The van der Waals surface area contributed by atoms with Gasteiger partial charge in [0.2, 0.25) is 0 Å². The van der Waals surface area contributed by atoms with Gasteiger partial charge in [-0.15, -0.1) is 0 Å². The molecule has 126 valence electrons. The second-order valence-electron chi connectivity index (χ2n) is 5.66. The van der Waals surface area contributed by atoms with Crippen LogP contribution in [0.1, 0.15) is 18.4 Å². The molecule has 2 N–H and O–H groups in total. The average molecular weight is 347 g/mol. The SMILES string of the molecule is O=C(O)OC1(c2ccccc2Sc2ccc(F)cc2)CCNCC1. The monoisotopic (exact) mass is 347 g/mol. The smallest absolute Gasteiger partial charge is 0.450 e. The van der Waals surface area contributed by atoms with Crippen LogP contribution in [0.2, 0.25) is 0 Å². The zero-order valence-electron chi connectivity index (χ0n) is 13.0. The number of nitrogens with one attached hydrogen (secondary N) is 1. The van der Waals surface area contributed by atoms with E-state index >= 15 is 0 Å². The summed E-state index contributed by atoms with van der Waals surface area (Å²) >= 11 is 1.48. The summed E-state index contributed by atoms with van der Waals surface area (Å²) in [6.07, 6.45) is -0.0980. The van der Waals surface area contributed by atoms with Crippen LogP contribution in [0.4, 0.5) is 9.18 Å². The molecule has 0 aromatic heterocycles. The van der Waals surface area contributed by atoms with Crippen molar-refractivity contribution in [3.8, 4) is 0 Å². The van der Waals surface area contributed by atoms with E-state index in [1.54, 1.807) is 12.1 Å². The lowest BCUT2D eigenvalue weighted by molar-refractivity contribution is -0.0434. The molecule has 0 radical (unpaired) electrons. The quantitative estimate of drug-likeness (QED) is 0.810. The molecule has 1 fully saturated rings. The fourth-order valence-electron chi connectivity index (χ4n) is 2.99. The molecule has 0 amide bonds. The van der Waals surface area contributed by atoms with Crippen LogP contribution in [-0.4, -0.2) is 24.4 Å². The molecule has 3 rings (SSSR count). The van der Waals surface area contributed by atoms with E-state index in [0.717, 1.165) is 15.4 Å². The Morgan fingerprint density at radius 3 is 2.46 bits per heavy atom. The summed E-state index contributed by atoms with van der Waals surface area (Å²) in [5.74, 6) is -0.281. The minimum atomic E-state index is -1.27. The van der Waals surface area contributed by atoms with Gasteiger partial charge in [-0.1, -0.05) is 30.0 Å². The molecule has 1 aliphatic heterocycles. The van der Waals surface area contributed by atoms with Crippen molar-refractivity contribution in [3.05, 3.63) is 59.9 Å². The van der Waals surface area contributed by atoms with Crippen molar-refractivity contribution in [2.45, 2.75) is 28.2 Å². The Balaban J connectivity index is 1.96. The minimum Gasteiger partial charge on any atom is -0.450 e. The molecule has 0 atom stereocenters. The molecule has 4 nitrogen and oxygen atoms in total. The predicted octanol–water partition coefficient (Wildman–Crippen LogP) is 4.25. The van der Waals surface area contributed by atoms with E-state index < -0.39 is 11.8 Å². The molecular weight excluding hydrogens is 329 g/mol. The van der Waals surface area contributed by atoms with Crippen LogP contribution in [0.3, 0.4) is 0 Å². The molecule has 1 saturated heterocycles. The summed E-state index contributed by atoms with van der Waals surface area (Å²) in [5.41, 5.74) is 0.0176. The first-order chi connectivity index (χ1) is 11.6. The Labute approximate surface area is 144 Å². The van der Waals surface area contributed by atoms with Gasteiger partial charge in [-0.05, 0) is 43.4 Å². The van der Waals surface area contributed by atoms with Crippen LogP contribution < -0.4 is 5.32 Å². The van der Waals surface area contributed by atoms with Crippen molar-refractivity contribution >= 4 is 17.9 Å². The van der Waals surface area contributed by atoms with Gasteiger partial charge in [0.15, 0.2) is 0 Å². The molecule has 6 heteroatoms. The van der Waals surface area contributed by atoms with Gasteiger partial charge in [0.1, 0.15) is 11.4 Å². The van der Waals surface area contributed by atoms with E-state index in [2.05, 4.69) is 5.32 Å². The summed E-state index contributed by atoms with van der Waals surface area (Å²) in [6.45, 7) is 1.39. The number of hydrogen-bond donors (Lipinski definition) is 2. The maximum Gasteiger partial charge on any atom is 0.506 e. The number of halogens is 1. The fraction of sp³-hybridized carbons (Fsp3) is 0.278. The third kappa shape index (κ3) is 3.71. The van der Waals surface area contributed by atoms with Crippen molar-refractivity contribution in [1.82, 2.24) is 5.32 Å². The molecule has 24 heavy (non-hydrogen) atoms. The zero-order chi connectivity index (χ0) is 17.0. The van der Waals surface area contributed by atoms with Crippen molar-refractivity contribution < 1.29 is 19.0 Å². The van der Waals surface area contributed by atoms with Crippen LogP contribution in [0, 0.1) is 5.82 Å². The Morgan fingerprint density at radius 2 is 1.79 bits per heavy atom. The number of piperidine rings is 1. The molecule has 0 aliphatic carbocycles. The highest BCUT2D eigenvalue weighted by molar-refractivity contribution is 7.99. The largest absolute Gasteiger partial charge is 0.506 e. The highest BCUT2D eigenvalue weighted by Crippen LogP contribution is 2.42.